The molecule has 0 N–H and O–H groups in total. The summed E-state index contributed by atoms with van der Waals surface area (Å²) in [6.07, 6.45) is 0.0377. The number of piperidine rings is 1. The van der Waals surface area contributed by atoms with Gasteiger partial charge in [-0.25, -0.2) is 17.6 Å². The summed E-state index contributed by atoms with van der Waals surface area (Å²) in [5.74, 6) is -3.99. The fourth-order valence-electron chi connectivity index (χ4n) is 3.40. The number of alkyl halides is 2. The van der Waals surface area contributed by atoms with E-state index in [-0.39, 0.29) is 49.9 Å². The Bertz CT molecular complexity index is 613. The molecule has 24 heavy (non-hydrogen) atoms. The van der Waals surface area contributed by atoms with Crippen LogP contribution in [0.5, 0.6) is 0 Å². The number of hydrogen-bond donors (Lipinski definition) is 0. The zero-order valence-corrected chi connectivity index (χ0v) is 13.3. The molecule has 0 bridgehead atoms. The van der Waals surface area contributed by atoms with E-state index in [4.69, 9.17) is 0 Å². The largest absolute Gasteiger partial charge is 0.342 e. The van der Waals surface area contributed by atoms with E-state index in [1.807, 2.05) is 4.90 Å². The number of benzene rings is 1. The fraction of sp³-hybridized carbons (Fsp3) is 0.588. The van der Waals surface area contributed by atoms with E-state index >= 15 is 0 Å². The van der Waals surface area contributed by atoms with Gasteiger partial charge in [-0.1, -0.05) is 0 Å². The van der Waals surface area contributed by atoms with Crippen molar-refractivity contribution < 1.29 is 22.4 Å². The van der Waals surface area contributed by atoms with E-state index in [1.165, 1.54) is 4.90 Å². The molecule has 2 aliphatic rings. The van der Waals surface area contributed by atoms with Gasteiger partial charge in [0.15, 0.2) is 0 Å². The van der Waals surface area contributed by atoms with Crippen LogP contribution in [-0.2, 0) is 11.3 Å². The summed E-state index contributed by atoms with van der Waals surface area (Å²) in [5, 5.41) is 0. The predicted octanol–water partition coefficient (Wildman–Crippen LogP) is 3.04. The molecule has 132 valence electrons. The van der Waals surface area contributed by atoms with Crippen LogP contribution in [0.25, 0.3) is 0 Å². The number of carbonyl (C=O) groups excluding carboxylic acids is 1. The summed E-state index contributed by atoms with van der Waals surface area (Å²) in [4.78, 5) is 15.9. The Labute approximate surface area is 138 Å². The highest BCUT2D eigenvalue weighted by molar-refractivity contribution is 5.79. The summed E-state index contributed by atoms with van der Waals surface area (Å²) in [5.41, 5.74) is 0.265. The van der Waals surface area contributed by atoms with Gasteiger partial charge in [0.1, 0.15) is 11.6 Å². The van der Waals surface area contributed by atoms with Crippen molar-refractivity contribution in [3.8, 4) is 0 Å². The van der Waals surface area contributed by atoms with E-state index in [0.717, 1.165) is 18.2 Å². The lowest BCUT2D eigenvalue weighted by atomic mass is 10.0. The van der Waals surface area contributed by atoms with Crippen LogP contribution in [0.3, 0.4) is 0 Å². The van der Waals surface area contributed by atoms with Crippen LogP contribution in [-0.4, -0.2) is 47.8 Å². The molecule has 1 unspecified atom stereocenters. The van der Waals surface area contributed by atoms with Gasteiger partial charge in [0.25, 0.3) is 5.92 Å². The van der Waals surface area contributed by atoms with Gasteiger partial charge in [0.2, 0.25) is 5.91 Å². The highest BCUT2D eigenvalue weighted by Gasteiger charge is 2.38. The zero-order valence-electron chi connectivity index (χ0n) is 13.3. The van der Waals surface area contributed by atoms with Crippen molar-refractivity contribution in [2.75, 3.05) is 26.2 Å². The Morgan fingerprint density at radius 2 is 1.88 bits per heavy atom. The molecular formula is C17H20F4N2O. The normalized spacial score (nSPS) is 24.3. The van der Waals surface area contributed by atoms with Crippen molar-refractivity contribution in [3.05, 3.63) is 35.4 Å². The monoisotopic (exact) mass is 344 g/mol. The molecule has 2 fully saturated rings. The first kappa shape index (κ1) is 17.2. The van der Waals surface area contributed by atoms with Gasteiger partial charge in [0, 0.05) is 44.6 Å². The molecule has 0 aromatic heterocycles. The minimum atomic E-state index is -2.67. The molecule has 0 spiro atoms. The zero-order chi connectivity index (χ0) is 17.3. The second kappa shape index (κ2) is 6.70. The van der Waals surface area contributed by atoms with Gasteiger partial charge in [-0.3, -0.25) is 9.69 Å². The number of carbonyl (C=O) groups is 1. The first-order valence-electron chi connectivity index (χ1n) is 8.17. The van der Waals surface area contributed by atoms with Gasteiger partial charge in [0.05, 0.1) is 5.92 Å². The summed E-state index contributed by atoms with van der Waals surface area (Å²) >= 11 is 0. The molecule has 1 amide bonds. The molecule has 2 saturated heterocycles. The van der Waals surface area contributed by atoms with Crippen LogP contribution in [0.1, 0.15) is 24.8 Å². The highest BCUT2D eigenvalue weighted by Crippen LogP contribution is 2.30. The van der Waals surface area contributed by atoms with Crippen LogP contribution >= 0.6 is 0 Å². The first-order chi connectivity index (χ1) is 11.3. The Balaban J connectivity index is 1.55. The quantitative estimate of drug-likeness (QED) is 0.787. The third-order valence-electron chi connectivity index (χ3n) is 4.83. The SMILES string of the molecule is O=C(C1CCN(Cc2cc(F)ccc2F)C1)N1CCC(F)(F)CC1. The lowest BCUT2D eigenvalue weighted by Gasteiger charge is -2.33. The smallest absolute Gasteiger partial charge is 0.251 e. The average Bonchev–Trinajstić information content (AvgIpc) is 2.99. The van der Waals surface area contributed by atoms with Crippen molar-refractivity contribution in [2.24, 2.45) is 5.92 Å². The Hall–Kier alpha value is -1.63. The minimum Gasteiger partial charge on any atom is -0.342 e. The summed E-state index contributed by atoms with van der Waals surface area (Å²) < 4.78 is 53.3. The molecule has 1 aromatic rings. The summed E-state index contributed by atoms with van der Waals surface area (Å²) in [6.45, 7) is 1.46. The van der Waals surface area contributed by atoms with Gasteiger partial charge in [-0.15, -0.1) is 0 Å². The van der Waals surface area contributed by atoms with Crippen LogP contribution in [0.15, 0.2) is 18.2 Å². The molecule has 1 aromatic carbocycles. The van der Waals surface area contributed by atoms with Crippen LogP contribution in [0, 0.1) is 17.6 Å². The number of amides is 1. The minimum absolute atomic E-state index is 0.0842. The van der Waals surface area contributed by atoms with Gasteiger partial charge in [-0.05, 0) is 31.2 Å². The Morgan fingerprint density at radius 1 is 1.17 bits per heavy atom. The molecule has 3 rings (SSSR count). The third kappa shape index (κ3) is 3.88. The van der Waals surface area contributed by atoms with E-state index in [0.29, 0.717) is 19.5 Å². The predicted molar refractivity (Wildman–Crippen MR) is 80.5 cm³/mol. The van der Waals surface area contributed by atoms with Gasteiger partial charge < -0.3 is 4.90 Å². The maximum atomic E-state index is 13.7. The average molecular weight is 344 g/mol. The Kier molecular flexibility index (Phi) is 4.80. The molecular weight excluding hydrogens is 324 g/mol. The molecule has 7 heteroatoms. The van der Waals surface area contributed by atoms with Crippen molar-refractivity contribution in [1.29, 1.82) is 0 Å². The number of nitrogens with zero attached hydrogens (tertiary/aromatic N) is 2. The molecule has 1 atom stereocenters. The van der Waals surface area contributed by atoms with E-state index in [9.17, 15) is 22.4 Å². The van der Waals surface area contributed by atoms with Crippen LogP contribution in [0.2, 0.25) is 0 Å². The van der Waals surface area contributed by atoms with Crippen molar-refractivity contribution >= 4 is 5.91 Å². The summed E-state index contributed by atoms with van der Waals surface area (Å²) in [6, 6.07) is 3.33. The number of hydrogen-bond acceptors (Lipinski definition) is 2. The lowest BCUT2D eigenvalue weighted by molar-refractivity contribution is -0.141. The molecule has 0 saturated carbocycles. The Morgan fingerprint density at radius 3 is 2.58 bits per heavy atom. The van der Waals surface area contributed by atoms with Gasteiger partial charge >= 0.3 is 0 Å². The standard InChI is InChI=1S/C17H20F4N2O/c18-14-1-2-15(19)13(9-14)11-22-6-3-12(10-22)16(24)23-7-4-17(20,21)5-8-23/h1-2,9,12H,3-8,10-11H2. The molecule has 0 radical (unpaired) electrons. The second-order valence-corrected chi connectivity index (χ2v) is 6.64. The number of likely N-dealkylation sites (tertiary alicyclic amines) is 2. The lowest BCUT2D eigenvalue weighted by Crippen LogP contribution is -2.45. The van der Waals surface area contributed by atoms with Crippen molar-refractivity contribution in [2.45, 2.75) is 31.7 Å². The van der Waals surface area contributed by atoms with Crippen LogP contribution < -0.4 is 0 Å². The maximum absolute atomic E-state index is 13.7. The summed E-state index contributed by atoms with van der Waals surface area (Å²) in [7, 11) is 0. The fourth-order valence-corrected chi connectivity index (χ4v) is 3.40. The number of halogens is 4. The van der Waals surface area contributed by atoms with E-state index in [1.54, 1.807) is 0 Å². The first-order valence-corrected chi connectivity index (χ1v) is 8.17. The van der Waals surface area contributed by atoms with Crippen molar-refractivity contribution in [1.82, 2.24) is 9.80 Å². The number of rotatable bonds is 3. The van der Waals surface area contributed by atoms with Crippen molar-refractivity contribution in [3.63, 3.8) is 0 Å². The second-order valence-electron chi connectivity index (χ2n) is 6.64. The highest BCUT2D eigenvalue weighted by atomic mass is 19.3. The van der Waals surface area contributed by atoms with Crippen LogP contribution in [0.4, 0.5) is 17.6 Å². The molecule has 0 aliphatic carbocycles. The maximum Gasteiger partial charge on any atom is 0.251 e. The van der Waals surface area contributed by atoms with E-state index < -0.39 is 17.6 Å². The third-order valence-corrected chi connectivity index (χ3v) is 4.83. The molecule has 2 aliphatic heterocycles. The molecule has 2 heterocycles. The topological polar surface area (TPSA) is 23.6 Å². The van der Waals surface area contributed by atoms with Gasteiger partial charge in [-0.2, -0.15) is 0 Å². The van der Waals surface area contributed by atoms with E-state index in [2.05, 4.69) is 0 Å². The molecule has 3 nitrogen and oxygen atoms in total.